The Morgan fingerprint density at radius 2 is 1.84 bits per heavy atom. The molecule has 0 aromatic heterocycles. The van der Waals surface area contributed by atoms with Gasteiger partial charge in [-0.25, -0.2) is 4.39 Å². The van der Waals surface area contributed by atoms with Crippen molar-refractivity contribution in [1.82, 2.24) is 15.1 Å². The van der Waals surface area contributed by atoms with Crippen LogP contribution in [0.15, 0.2) is 24.3 Å². The Morgan fingerprint density at radius 3 is 2.42 bits per heavy atom. The summed E-state index contributed by atoms with van der Waals surface area (Å²) in [5, 5.41) is 3.36. The molecule has 0 spiro atoms. The maximum Gasteiger partial charge on any atom is 0.128 e. The quantitative estimate of drug-likeness (QED) is 0.894. The number of nitrogens with one attached hydrogen (secondary N) is 1. The Balaban J connectivity index is 2.22. The van der Waals surface area contributed by atoms with Crippen LogP contribution in [0.4, 0.5) is 4.39 Å². The van der Waals surface area contributed by atoms with Gasteiger partial charge in [-0.1, -0.05) is 18.2 Å². The second-order valence-electron chi connectivity index (χ2n) is 5.46. The molecular formula is C15H24FN3. The lowest BCUT2D eigenvalue weighted by Crippen LogP contribution is -2.51. The highest BCUT2D eigenvalue weighted by molar-refractivity contribution is 5.22. The predicted octanol–water partition coefficient (Wildman–Crippen LogP) is 1.72. The van der Waals surface area contributed by atoms with E-state index in [4.69, 9.17) is 0 Å². The third kappa shape index (κ3) is 3.32. The van der Waals surface area contributed by atoms with Crippen LogP contribution in [-0.2, 0) is 0 Å². The topological polar surface area (TPSA) is 18.5 Å². The number of nitrogens with zero attached hydrogens (tertiary/aromatic N) is 2. The van der Waals surface area contributed by atoms with Crippen molar-refractivity contribution in [2.45, 2.75) is 19.0 Å². The van der Waals surface area contributed by atoms with Gasteiger partial charge in [0.1, 0.15) is 5.82 Å². The zero-order valence-electron chi connectivity index (χ0n) is 12.1. The molecular weight excluding hydrogens is 241 g/mol. The molecule has 3 nitrogen and oxygen atoms in total. The molecule has 19 heavy (non-hydrogen) atoms. The van der Waals surface area contributed by atoms with E-state index in [2.05, 4.69) is 22.0 Å². The molecule has 2 atom stereocenters. The van der Waals surface area contributed by atoms with Gasteiger partial charge < -0.3 is 10.2 Å². The van der Waals surface area contributed by atoms with Crippen LogP contribution in [0.3, 0.4) is 0 Å². The van der Waals surface area contributed by atoms with Crippen molar-refractivity contribution in [2.75, 3.05) is 40.3 Å². The van der Waals surface area contributed by atoms with E-state index in [0.717, 1.165) is 31.7 Å². The summed E-state index contributed by atoms with van der Waals surface area (Å²) < 4.78 is 14.1. The summed E-state index contributed by atoms with van der Waals surface area (Å²) in [6.45, 7) is 6.28. The zero-order chi connectivity index (χ0) is 13.8. The molecule has 1 aromatic rings. The lowest BCUT2D eigenvalue weighted by molar-refractivity contribution is 0.104. The molecule has 0 radical (unpaired) electrons. The first-order valence-electron chi connectivity index (χ1n) is 6.97. The highest BCUT2D eigenvalue weighted by Crippen LogP contribution is 2.27. The van der Waals surface area contributed by atoms with E-state index in [9.17, 15) is 4.39 Å². The summed E-state index contributed by atoms with van der Waals surface area (Å²) in [5.74, 6) is -0.108. The minimum absolute atomic E-state index is 0.0827. The van der Waals surface area contributed by atoms with Crippen LogP contribution in [0.5, 0.6) is 0 Å². The second kappa shape index (κ2) is 6.46. The van der Waals surface area contributed by atoms with E-state index in [1.165, 1.54) is 0 Å². The minimum atomic E-state index is -0.108. The van der Waals surface area contributed by atoms with Crippen molar-refractivity contribution in [3.05, 3.63) is 35.6 Å². The van der Waals surface area contributed by atoms with Gasteiger partial charge in [0.25, 0.3) is 0 Å². The van der Waals surface area contributed by atoms with Gasteiger partial charge >= 0.3 is 0 Å². The van der Waals surface area contributed by atoms with E-state index in [-0.39, 0.29) is 11.9 Å². The van der Waals surface area contributed by atoms with Gasteiger partial charge in [-0.15, -0.1) is 0 Å². The van der Waals surface area contributed by atoms with Gasteiger partial charge in [-0.2, -0.15) is 0 Å². The Morgan fingerprint density at radius 1 is 1.21 bits per heavy atom. The fourth-order valence-electron chi connectivity index (χ4n) is 2.97. The first-order valence-corrected chi connectivity index (χ1v) is 6.97. The maximum atomic E-state index is 14.1. The van der Waals surface area contributed by atoms with Crippen molar-refractivity contribution in [2.24, 2.45) is 0 Å². The first kappa shape index (κ1) is 14.4. The molecule has 0 saturated carbocycles. The smallest absolute Gasteiger partial charge is 0.128 e. The van der Waals surface area contributed by atoms with E-state index in [0.29, 0.717) is 6.04 Å². The van der Waals surface area contributed by atoms with Gasteiger partial charge in [0, 0.05) is 37.8 Å². The summed E-state index contributed by atoms with van der Waals surface area (Å²) >= 11 is 0. The highest BCUT2D eigenvalue weighted by atomic mass is 19.1. The average Bonchev–Trinajstić information content (AvgIpc) is 2.42. The number of benzene rings is 1. The van der Waals surface area contributed by atoms with Gasteiger partial charge in [-0.3, -0.25) is 4.90 Å². The molecule has 1 N–H and O–H groups in total. The van der Waals surface area contributed by atoms with Crippen LogP contribution >= 0.6 is 0 Å². The van der Waals surface area contributed by atoms with Crippen molar-refractivity contribution in [3.8, 4) is 0 Å². The van der Waals surface area contributed by atoms with E-state index >= 15 is 0 Å². The lowest BCUT2D eigenvalue weighted by Gasteiger charge is -2.40. The number of piperazine rings is 1. The monoisotopic (exact) mass is 265 g/mol. The van der Waals surface area contributed by atoms with Gasteiger partial charge in [0.05, 0.1) is 6.04 Å². The molecule has 2 unspecified atom stereocenters. The van der Waals surface area contributed by atoms with Gasteiger partial charge in [-0.05, 0) is 27.1 Å². The Bertz CT molecular complexity index is 402. The Labute approximate surface area is 115 Å². The van der Waals surface area contributed by atoms with Crippen LogP contribution in [0.2, 0.25) is 0 Å². The molecule has 0 aliphatic carbocycles. The van der Waals surface area contributed by atoms with Gasteiger partial charge in [0.2, 0.25) is 0 Å². The molecule has 1 heterocycles. The molecule has 0 amide bonds. The van der Waals surface area contributed by atoms with Crippen LogP contribution in [0, 0.1) is 5.82 Å². The molecule has 1 aliphatic heterocycles. The molecule has 1 aromatic carbocycles. The summed E-state index contributed by atoms with van der Waals surface area (Å²) in [6.07, 6.45) is 0. The molecule has 0 bridgehead atoms. The van der Waals surface area contributed by atoms with Crippen LogP contribution in [0.1, 0.15) is 18.5 Å². The largest absolute Gasteiger partial charge is 0.314 e. The van der Waals surface area contributed by atoms with Crippen LogP contribution in [0.25, 0.3) is 0 Å². The number of likely N-dealkylation sites (N-methyl/N-ethyl adjacent to an activating group) is 1. The number of rotatable bonds is 4. The Hall–Kier alpha value is -0.970. The van der Waals surface area contributed by atoms with Crippen LogP contribution < -0.4 is 5.32 Å². The SMILES string of the molecule is CC(C(c1ccccc1F)N(C)C)N1CCNCC1. The van der Waals surface area contributed by atoms with Gasteiger partial charge in [0.15, 0.2) is 0 Å². The van der Waals surface area contributed by atoms with Crippen molar-refractivity contribution in [1.29, 1.82) is 0 Å². The van der Waals surface area contributed by atoms with Crippen molar-refractivity contribution < 1.29 is 4.39 Å². The Kier molecular flexibility index (Phi) is 4.91. The lowest BCUT2D eigenvalue weighted by atomic mass is 9.97. The first-order chi connectivity index (χ1) is 9.11. The molecule has 1 fully saturated rings. The zero-order valence-corrected chi connectivity index (χ0v) is 12.1. The number of hydrogen-bond acceptors (Lipinski definition) is 3. The van der Waals surface area contributed by atoms with E-state index < -0.39 is 0 Å². The maximum absolute atomic E-state index is 14.1. The normalized spacial score (nSPS) is 20.5. The predicted molar refractivity (Wildman–Crippen MR) is 76.7 cm³/mol. The summed E-state index contributed by atoms with van der Waals surface area (Å²) in [5.41, 5.74) is 0.790. The molecule has 106 valence electrons. The summed E-state index contributed by atoms with van der Waals surface area (Å²) in [6, 6.07) is 7.50. The fourth-order valence-corrected chi connectivity index (χ4v) is 2.97. The van der Waals surface area contributed by atoms with Crippen molar-refractivity contribution in [3.63, 3.8) is 0 Å². The number of hydrogen-bond donors (Lipinski definition) is 1. The molecule has 1 aliphatic rings. The third-order valence-corrected chi connectivity index (χ3v) is 3.96. The molecule has 1 saturated heterocycles. The summed E-state index contributed by atoms with van der Waals surface area (Å²) in [7, 11) is 4.05. The highest BCUT2D eigenvalue weighted by Gasteiger charge is 2.29. The average molecular weight is 265 g/mol. The standard InChI is InChI=1S/C15H24FN3/c1-12(19-10-8-17-9-11-19)15(18(2)3)13-6-4-5-7-14(13)16/h4-7,12,15,17H,8-11H2,1-3H3. The third-order valence-electron chi connectivity index (χ3n) is 3.96. The minimum Gasteiger partial charge on any atom is -0.314 e. The summed E-state index contributed by atoms with van der Waals surface area (Å²) in [4.78, 5) is 4.55. The second-order valence-corrected chi connectivity index (χ2v) is 5.46. The van der Waals surface area contributed by atoms with Crippen LogP contribution in [-0.4, -0.2) is 56.1 Å². The van der Waals surface area contributed by atoms with Crippen molar-refractivity contribution >= 4 is 0 Å². The number of halogens is 1. The molecule has 4 heteroatoms. The van der Waals surface area contributed by atoms with E-state index in [1.807, 2.05) is 26.2 Å². The molecule has 2 rings (SSSR count). The fraction of sp³-hybridized carbons (Fsp3) is 0.600. The van der Waals surface area contributed by atoms with E-state index in [1.54, 1.807) is 12.1 Å².